The van der Waals surface area contributed by atoms with Gasteiger partial charge in [-0.05, 0) is 79.4 Å². The number of carbonyl (C=O) groups is 2. The van der Waals surface area contributed by atoms with Crippen molar-refractivity contribution in [3.05, 3.63) is 86.9 Å². The van der Waals surface area contributed by atoms with Gasteiger partial charge in [0.05, 0.1) is 28.8 Å². The van der Waals surface area contributed by atoms with Gasteiger partial charge in [-0.15, -0.1) is 0 Å². The molecule has 2 unspecified atom stereocenters. The number of carbonyl (C=O) groups excluding carboxylic acids is 1. The summed E-state index contributed by atoms with van der Waals surface area (Å²) in [4.78, 5) is 28.3. The molecule has 3 aromatic rings. The van der Waals surface area contributed by atoms with E-state index < -0.39 is 23.7 Å². The van der Waals surface area contributed by atoms with Gasteiger partial charge in [0.2, 0.25) is 0 Å². The maximum atomic E-state index is 12.9. The number of fused-ring (bicyclic) bond motifs is 2. The van der Waals surface area contributed by atoms with Gasteiger partial charge in [0.15, 0.2) is 0 Å². The van der Waals surface area contributed by atoms with E-state index in [1.54, 1.807) is 32.9 Å². The first-order valence-electron chi connectivity index (χ1n) is 13.3. The molecule has 0 saturated heterocycles. The third-order valence-corrected chi connectivity index (χ3v) is 7.83. The minimum atomic E-state index is -1.06. The molecule has 0 saturated carbocycles. The Balaban J connectivity index is 1.31. The van der Waals surface area contributed by atoms with Crippen molar-refractivity contribution in [1.82, 2.24) is 4.90 Å². The monoisotopic (exact) mass is 598 g/mol. The van der Waals surface area contributed by atoms with Crippen molar-refractivity contribution in [2.75, 3.05) is 18.5 Å². The molecule has 41 heavy (non-hydrogen) atoms. The van der Waals surface area contributed by atoms with E-state index in [9.17, 15) is 14.7 Å². The number of amides is 1. The summed E-state index contributed by atoms with van der Waals surface area (Å²) in [6.07, 6.45) is -0.685. The predicted molar refractivity (Wildman–Crippen MR) is 157 cm³/mol. The minimum absolute atomic E-state index is 0.122. The van der Waals surface area contributed by atoms with Crippen LogP contribution in [0.4, 0.5) is 10.5 Å². The molecule has 3 aromatic carbocycles. The van der Waals surface area contributed by atoms with Crippen molar-refractivity contribution in [3.63, 3.8) is 0 Å². The lowest BCUT2D eigenvalue weighted by Crippen LogP contribution is -2.50. The van der Waals surface area contributed by atoms with Crippen molar-refractivity contribution in [2.24, 2.45) is 0 Å². The molecule has 0 aromatic heterocycles. The number of carboxylic acids is 1. The maximum Gasteiger partial charge on any atom is 0.411 e. The van der Waals surface area contributed by atoms with Crippen molar-refractivity contribution >= 4 is 41.0 Å². The average Bonchev–Trinajstić information content (AvgIpc) is 2.91. The molecule has 0 spiro atoms. The van der Waals surface area contributed by atoms with Gasteiger partial charge in [-0.3, -0.25) is 4.90 Å². The lowest BCUT2D eigenvalue weighted by molar-refractivity contribution is -0.143. The van der Waals surface area contributed by atoms with Crippen molar-refractivity contribution in [1.29, 1.82) is 0 Å². The van der Waals surface area contributed by atoms with Gasteiger partial charge in [-0.2, -0.15) is 0 Å². The van der Waals surface area contributed by atoms with Crippen molar-refractivity contribution < 1.29 is 28.9 Å². The standard InChI is InChI=1S/C31H32Cl2N2O6/c1-31(2,3)41-30(38)35-15-21-14-27-25(12-20(21)13-26(35)29(36)37)34(4)16-28(40-27)19-6-8-22(9-7-19)39-17-18-5-10-23(32)24(33)11-18/h5-12,14,26,28H,13,15-17H2,1-4H3,(H,36,37). The van der Waals surface area contributed by atoms with Crippen molar-refractivity contribution in [2.45, 2.75) is 58.1 Å². The molecule has 0 fully saturated rings. The second kappa shape index (κ2) is 11.3. The number of likely N-dealkylation sites (N-methyl/N-ethyl adjacent to an activating group) is 1. The van der Waals surface area contributed by atoms with Crippen LogP contribution in [0.2, 0.25) is 10.0 Å². The number of aliphatic carboxylic acids is 1. The molecule has 2 aliphatic rings. The maximum absolute atomic E-state index is 12.9. The van der Waals surface area contributed by atoms with Crippen LogP contribution in [0.25, 0.3) is 0 Å². The van der Waals surface area contributed by atoms with Gasteiger partial charge in [0.25, 0.3) is 0 Å². The van der Waals surface area contributed by atoms with Crippen LogP contribution >= 0.6 is 23.2 Å². The van der Waals surface area contributed by atoms with Crippen LogP contribution < -0.4 is 14.4 Å². The molecule has 1 N–H and O–H groups in total. The largest absolute Gasteiger partial charge is 0.489 e. The van der Waals surface area contributed by atoms with Gasteiger partial charge >= 0.3 is 12.1 Å². The van der Waals surface area contributed by atoms with Gasteiger partial charge in [-0.1, -0.05) is 41.4 Å². The van der Waals surface area contributed by atoms with Crippen molar-refractivity contribution in [3.8, 4) is 11.5 Å². The zero-order chi connectivity index (χ0) is 29.5. The first kappa shape index (κ1) is 28.9. The molecule has 2 atom stereocenters. The number of benzene rings is 3. The van der Waals surface area contributed by atoms with E-state index in [-0.39, 0.29) is 19.1 Å². The normalized spacial score (nSPS) is 18.2. The lowest BCUT2D eigenvalue weighted by atomic mass is 9.92. The Labute approximate surface area is 249 Å². The molecule has 0 aliphatic carbocycles. The zero-order valence-corrected chi connectivity index (χ0v) is 24.8. The number of halogens is 2. The summed E-state index contributed by atoms with van der Waals surface area (Å²) in [6.45, 7) is 6.37. The Morgan fingerprint density at radius 2 is 1.76 bits per heavy atom. The van der Waals surface area contributed by atoms with Gasteiger partial charge in [0, 0.05) is 13.5 Å². The summed E-state index contributed by atoms with van der Waals surface area (Å²) in [6, 6.07) is 16.1. The zero-order valence-electron chi connectivity index (χ0n) is 23.3. The van der Waals surface area contributed by atoms with Gasteiger partial charge in [0.1, 0.15) is 35.9 Å². The molecule has 2 heterocycles. The Hall–Kier alpha value is -3.62. The van der Waals surface area contributed by atoms with E-state index in [1.807, 2.05) is 49.5 Å². The molecule has 0 bridgehead atoms. The fourth-order valence-corrected chi connectivity index (χ4v) is 5.34. The average molecular weight is 600 g/mol. The number of carboxylic acid groups (broad SMARTS) is 1. The Bertz CT molecular complexity index is 1470. The van der Waals surface area contributed by atoms with E-state index >= 15 is 0 Å². The summed E-state index contributed by atoms with van der Waals surface area (Å²) in [5.41, 5.74) is 3.78. The van der Waals surface area contributed by atoms with Crippen LogP contribution in [0, 0.1) is 0 Å². The summed E-state index contributed by atoms with van der Waals surface area (Å²) in [5.74, 6) is 0.335. The number of hydrogen-bond donors (Lipinski definition) is 1. The van der Waals surface area contributed by atoms with E-state index in [0.29, 0.717) is 34.7 Å². The van der Waals surface area contributed by atoms with E-state index in [2.05, 4.69) is 4.90 Å². The molecule has 5 rings (SSSR count). The highest BCUT2D eigenvalue weighted by Crippen LogP contribution is 2.41. The summed E-state index contributed by atoms with van der Waals surface area (Å²) < 4.78 is 17.9. The molecule has 2 aliphatic heterocycles. The third kappa shape index (κ3) is 6.49. The summed E-state index contributed by atoms with van der Waals surface area (Å²) in [5, 5.41) is 10.9. The fraction of sp³-hybridized carbons (Fsp3) is 0.355. The molecule has 0 radical (unpaired) electrons. The Kier molecular flexibility index (Phi) is 7.99. The fourth-order valence-electron chi connectivity index (χ4n) is 5.01. The Morgan fingerprint density at radius 1 is 1.02 bits per heavy atom. The molecular weight excluding hydrogens is 567 g/mol. The molecule has 8 nitrogen and oxygen atoms in total. The smallest absolute Gasteiger partial charge is 0.411 e. The van der Waals surface area contributed by atoms with Crippen LogP contribution in [0.5, 0.6) is 11.5 Å². The van der Waals surface area contributed by atoms with Gasteiger partial charge in [-0.25, -0.2) is 9.59 Å². The van der Waals surface area contributed by atoms with Crippen LogP contribution in [-0.2, 0) is 29.1 Å². The molecular formula is C31H32Cl2N2O6. The van der Waals surface area contributed by atoms with E-state index in [1.165, 1.54) is 4.90 Å². The summed E-state index contributed by atoms with van der Waals surface area (Å²) >= 11 is 12.1. The number of hydrogen-bond acceptors (Lipinski definition) is 6. The van der Waals surface area contributed by atoms with Gasteiger partial charge < -0.3 is 24.2 Å². The quantitative estimate of drug-likeness (QED) is 0.342. The Morgan fingerprint density at radius 3 is 2.41 bits per heavy atom. The van der Waals surface area contributed by atoms with E-state index in [4.69, 9.17) is 37.4 Å². The van der Waals surface area contributed by atoms with E-state index in [0.717, 1.165) is 27.9 Å². The summed E-state index contributed by atoms with van der Waals surface area (Å²) in [7, 11) is 1.99. The predicted octanol–water partition coefficient (Wildman–Crippen LogP) is 6.89. The lowest BCUT2D eigenvalue weighted by Gasteiger charge is -2.38. The number of nitrogens with zero attached hydrogens (tertiary/aromatic N) is 2. The number of anilines is 1. The van der Waals surface area contributed by atoms with Crippen LogP contribution in [-0.4, -0.2) is 47.3 Å². The highest BCUT2D eigenvalue weighted by Gasteiger charge is 2.38. The molecule has 1 amide bonds. The minimum Gasteiger partial charge on any atom is -0.489 e. The highest BCUT2D eigenvalue weighted by atomic mass is 35.5. The number of rotatable bonds is 5. The second-order valence-corrected chi connectivity index (χ2v) is 12.2. The highest BCUT2D eigenvalue weighted by molar-refractivity contribution is 6.42. The number of ether oxygens (including phenoxy) is 3. The SMILES string of the molecule is CN1CC(c2ccc(OCc3ccc(Cl)c(Cl)c3)cc2)Oc2cc3c(cc21)CC(C(=O)O)N(C(=O)OC(C)(C)C)C3. The third-order valence-electron chi connectivity index (χ3n) is 7.09. The van der Waals surface area contributed by atoms with Crippen LogP contribution in [0.15, 0.2) is 54.6 Å². The molecule has 10 heteroatoms. The topological polar surface area (TPSA) is 88.5 Å². The van der Waals surface area contributed by atoms with Crippen LogP contribution in [0.3, 0.4) is 0 Å². The van der Waals surface area contributed by atoms with Crippen LogP contribution in [0.1, 0.15) is 49.1 Å². The molecule has 216 valence electrons. The first-order chi connectivity index (χ1) is 19.4. The second-order valence-electron chi connectivity index (χ2n) is 11.3. The first-order valence-corrected chi connectivity index (χ1v) is 14.1.